The molecule has 94 valence electrons. The van der Waals surface area contributed by atoms with E-state index in [1.54, 1.807) is 6.07 Å². The van der Waals surface area contributed by atoms with Gasteiger partial charge in [0.25, 0.3) is 5.69 Å². The maximum Gasteiger partial charge on any atom is 0.293 e. The van der Waals surface area contributed by atoms with Crippen molar-refractivity contribution in [2.75, 3.05) is 5.73 Å². The van der Waals surface area contributed by atoms with E-state index in [0.717, 1.165) is 5.56 Å². The Morgan fingerprint density at radius 3 is 2.67 bits per heavy atom. The lowest BCUT2D eigenvalue weighted by Crippen LogP contribution is -1.98. The van der Waals surface area contributed by atoms with E-state index in [1.165, 1.54) is 23.5 Å². The lowest BCUT2D eigenvalue weighted by molar-refractivity contribution is -0.384. The van der Waals surface area contributed by atoms with Crippen LogP contribution in [0.25, 0.3) is 0 Å². The van der Waals surface area contributed by atoms with Crippen LogP contribution in [0.2, 0.25) is 0 Å². The van der Waals surface area contributed by atoms with Crippen LogP contribution in [-0.4, -0.2) is 9.13 Å². The van der Waals surface area contributed by atoms with E-state index in [9.17, 15) is 14.3 Å². The fourth-order valence-corrected chi connectivity index (χ4v) is 3.76. The van der Waals surface area contributed by atoms with E-state index < -0.39 is 15.7 Å². The van der Waals surface area contributed by atoms with Gasteiger partial charge in [-0.05, 0) is 36.1 Å². The Kier molecular flexibility index (Phi) is 3.44. The zero-order valence-corrected chi connectivity index (χ0v) is 11.1. The lowest BCUT2D eigenvalue weighted by Gasteiger charge is -2.01. The molecule has 2 N–H and O–H groups in total. The van der Waals surface area contributed by atoms with Crippen LogP contribution in [0.3, 0.4) is 0 Å². The van der Waals surface area contributed by atoms with E-state index >= 15 is 0 Å². The molecule has 2 rings (SSSR count). The number of rotatable bonds is 3. The van der Waals surface area contributed by atoms with Crippen LogP contribution in [0.1, 0.15) is 5.56 Å². The normalized spacial score (nSPS) is 12.3. The highest BCUT2D eigenvalue weighted by Gasteiger charge is 2.16. The molecule has 1 aromatic carbocycles. The average molecular weight is 282 g/mol. The standard InChI is InChI=1S/C11H10N2O3S2/c1-7-4-11(17-6-7)18(16)8-2-3-9(12)10(5-8)13(14)15/h2-6H,12H2,1H3. The Morgan fingerprint density at radius 2 is 2.11 bits per heavy atom. The van der Waals surface area contributed by atoms with Gasteiger partial charge in [0.05, 0.1) is 24.8 Å². The quantitative estimate of drug-likeness (QED) is 0.532. The molecule has 0 aliphatic heterocycles. The topological polar surface area (TPSA) is 86.2 Å². The molecule has 0 amide bonds. The fourth-order valence-electron chi connectivity index (χ4n) is 1.42. The molecule has 1 heterocycles. The molecule has 0 aliphatic rings. The number of nitro benzene ring substituents is 1. The molecule has 0 saturated heterocycles. The second-order valence-electron chi connectivity index (χ2n) is 3.69. The Hall–Kier alpha value is -1.73. The predicted molar refractivity (Wildman–Crippen MR) is 71.2 cm³/mol. The number of hydrogen-bond donors (Lipinski definition) is 1. The maximum absolute atomic E-state index is 12.2. The molecule has 1 atom stereocenters. The summed E-state index contributed by atoms with van der Waals surface area (Å²) in [6.45, 7) is 1.91. The first-order chi connectivity index (χ1) is 8.49. The monoisotopic (exact) mass is 282 g/mol. The zero-order valence-electron chi connectivity index (χ0n) is 9.45. The van der Waals surface area contributed by atoms with Crippen LogP contribution in [0, 0.1) is 17.0 Å². The van der Waals surface area contributed by atoms with Gasteiger partial charge in [-0.2, -0.15) is 0 Å². The highest BCUT2D eigenvalue weighted by atomic mass is 32.2. The van der Waals surface area contributed by atoms with Crippen LogP contribution in [0.4, 0.5) is 11.4 Å². The van der Waals surface area contributed by atoms with Gasteiger partial charge in [-0.25, -0.2) is 4.21 Å². The molecule has 0 aliphatic carbocycles. The van der Waals surface area contributed by atoms with Crippen LogP contribution in [-0.2, 0) is 10.8 Å². The highest BCUT2D eigenvalue weighted by molar-refractivity contribution is 7.87. The molecule has 0 radical (unpaired) electrons. The van der Waals surface area contributed by atoms with E-state index in [-0.39, 0.29) is 11.4 Å². The number of nitrogens with zero attached hydrogens (tertiary/aromatic N) is 1. The number of thiophene rings is 1. The molecule has 0 saturated carbocycles. The summed E-state index contributed by atoms with van der Waals surface area (Å²) >= 11 is 1.37. The van der Waals surface area contributed by atoms with Crippen molar-refractivity contribution < 1.29 is 9.13 Å². The molecule has 7 heteroatoms. The van der Waals surface area contributed by atoms with Crippen molar-refractivity contribution in [3.05, 3.63) is 45.3 Å². The number of anilines is 1. The van der Waals surface area contributed by atoms with Crippen LogP contribution in [0.15, 0.2) is 38.8 Å². The minimum absolute atomic E-state index is 0.0723. The third kappa shape index (κ3) is 2.41. The Balaban J connectivity index is 2.43. The van der Waals surface area contributed by atoms with Gasteiger partial charge in [-0.15, -0.1) is 11.3 Å². The minimum Gasteiger partial charge on any atom is -0.393 e. The number of nitrogens with two attached hydrogens (primary N) is 1. The SMILES string of the molecule is Cc1csc(S(=O)c2ccc(N)c([N+](=O)[O-])c2)c1. The summed E-state index contributed by atoms with van der Waals surface area (Å²) in [6, 6.07) is 6.03. The van der Waals surface area contributed by atoms with Crippen LogP contribution >= 0.6 is 11.3 Å². The van der Waals surface area contributed by atoms with Gasteiger partial charge in [0.15, 0.2) is 0 Å². The predicted octanol–water partition coefficient (Wildman–Crippen LogP) is 2.71. The van der Waals surface area contributed by atoms with Crippen molar-refractivity contribution in [2.24, 2.45) is 0 Å². The summed E-state index contributed by atoms with van der Waals surface area (Å²) in [5.41, 5.74) is 6.38. The van der Waals surface area contributed by atoms with Crippen molar-refractivity contribution in [3.63, 3.8) is 0 Å². The average Bonchev–Trinajstić information content (AvgIpc) is 2.75. The first-order valence-corrected chi connectivity index (χ1v) is 7.03. The number of nitro groups is 1. The Bertz CT molecular complexity index is 637. The van der Waals surface area contributed by atoms with Crippen molar-refractivity contribution in [2.45, 2.75) is 16.0 Å². The first-order valence-electron chi connectivity index (χ1n) is 5.00. The lowest BCUT2D eigenvalue weighted by atomic mass is 10.3. The zero-order chi connectivity index (χ0) is 13.3. The van der Waals surface area contributed by atoms with E-state index in [0.29, 0.717) is 9.10 Å². The molecular formula is C11H10N2O3S2. The summed E-state index contributed by atoms with van der Waals surface area (Å²) in [6.07, 6.45) is 0. The maximum atomic E-state index is 12.2. The fraction of sp³-hybridized carbons (Fsp3) is 0.0909. The number of hydrogen-bond acceptors (Lipinski definition) is 5. The largest absolute Gasteiger partial charge is 0.393 e. The van der Waals surface area contributed by atoms with Gasteiger partial charge >= 0.3 is 0 Å². The Morgan fingerprint density at radius 1 is 1.39 bits per heavy atom. The molecule has 0 spiro atoms. The van der Waals surface area contributed by atoms with E-state index in [2.05, 4.69) is 0 Å². The molecule has 18 heavy (non-hydrogen) atoms. The number of nitrogen functional groups attached to an aromatic ring is 1. The summed E-state index contributed by atoms with van der Waals surface area (Å²) in [5, 5.41) is 12.7. The van der Waals surface area contributed by atoms with Crippen molar-refractivity contribution in [1.29, 1.82) is 0 Å². The van der Waals surface area contributed by atoms with Crippen molar-refractivity contribution >= 4 is 33.5 Å². The first kappa shape index (κ1) is 12.7. The Labute approximate surface area is 110 Å². The molecule has 0 bridgehead atoms. The minimum atomic E-state index is -1.40. The van der Waals surface area contributed by atoms with E-state index in [1.807, 2.05) is 18.4 Å². The summed E-state index contributed by atoms with van der Waals surface area (Å²) < 4.78 is 12.9. The van der Waals surface area contributed by atoms with E-state index in [4.69, 9.17) is 5.73 Å². The summed E-state index contributed by atoms with van der Waals surface area (Å²) in [7, 11) is -1.40. The molecule has 1 unspecified atom stereocenters. The molecular weight excluding hydrogens is 272 g/mol. The molecule has 5 nitrogen and oxygen atoms in total. The second kappa shape index (κ2) is 4.87. The van der Waals surface area contributed by atoms with Gasteiger partial charge in [0, 0.05) is 6.07 Å². The summed E-state index contributed by atoms with van der Waals surface area (Å²) in [5.74, 6) is 0. The number of benzene rings is 1. The van der Waals surface area contributed by atoms with Gasteiger partial charge in [-0.3, -0.25) is 10.1 Å². The third-order valence-electron chi connectivity index (χ3n) is 2.30. The van der Waals surface area contributed by atoms with Crippen molar-refractivity contribution in [3.8, 4) is 0 Å². The van der Waals surface area contributed by atoms with Gasteiger partial charge in [0.1, 0.15) is 5.69 Å². The van der Waals surface area contributed by atoms with Gasteiger partial charge < -0.3 is 5.73 Å². The molecule has 1 aromatic heterocycles. The van der Waals surface area contributed by atoms with Crippen LogP contribution < -0.4 is 5.73 Å². The molecule has 2 aromatic rings. The smallest absolute Gasteiger partial charge is 0.293 e. The van der Waals surface area contributed by atoms with Gasteiger partial charge in [-0.1, -0.05) is 0 Å². The molecule has 0 fully saturated rings. The van der Waals surface area contributed by atoms with Crippen LogP contribution in [0.5, 0.6) is 0 Å². The highest BCUT2D eigenvalue weighted by Crippen LogP contribution is 2.28. The van der Waals surface area contributed by atoms with Gasteiger partial charge in [0.2, 0.25) is 0 Å². The summed E-state index contributed by atoms with van der Waals surface area (Å²) in [4.78, 5) is 10.6. The number of aryl methyl sites for hydroxylation is 1. The van der Waals surface area contributed by atoms with Crippen molar-refractivity contribution in [1.82, 2.24) is 0 Å². The third-order valence-corrected chi connectivity index (χ3v) is 5.05. The second-order valence-corrected chi connectivity index (χ2v) is 6.31.